The molecule has 1 heterocycles. The number of likely N-dealkylation sites (tertiary alicyclic amines) is 1. The van der Waals surface area contributed by atoms with Crippen molar-refractivity contribution in [2.75, 3.05) is 13.1 Å². The molecule has 1 rings (SSSR count). The first-order valence-corrected chi connectivity index (χ1v) is 3.10. The third kappa shape index (κ3) is 1.59. The van der Waals surface area contributed by atoms with Crippen molar-refractivity contribution in [2.45, 2.75) is 12.8 Å². The predicted octanol–water partition coefficient (Wildman–Crippen LogP) is 0.964. The fraction of sp³-hybridized carbons (Fsp3) is 0.667. The maximum absolute atomic E-state index is 10.3. The van der Waals surface area contributed by atoms with Gasteiger partial charge in [-0.3, -0.25) is 0 Å². The second-order valence-electron chi connectivity index (χ2n) is 2.16. The summed E-state index contributed by atoms with van der Waals surface area (Å²) >= 11 is 0. The zero-order valence-electron chi connectivity index (χ0n) is 5.21. The summed E-state index contributed by atoms with van der Waals surface area (Å²) in [5, 5.41) is 8.44. The van der Waals surface area contributed by atoms with Gasteiger partial charge in [-0.15, -0.1) is 0 Å². The number of hydrogen-bond acceptors (Lipinski definition) is 1. The number of nitrogens with zero attached hydrogens (tertiary/aromatic N) is 1. The van der Waals surface area contributed by atoms with Crippen LogP contribution in [0.4, 0.5) is 4.79 Å². The second kappa shape index (κ2) is 2.71. The molecular weight excluding hydrogens is 118 g/mol. The number of carboxylic acid groups (broad SMARTS) is 1. The molecule has 0 aromatic carbocycles. The summed E-state index contributed by atoms with van der Waals surface area (Å²) < 4.78 is 0. The predicted molar refractivity (Wildman–Crippen MR) is 33.1 cm³/mol. The molecule has 0 aromatic heterocycles. The Labute approximate surface area is 54.3 Å². The van der Waals surface area contributed by atoms with E-state index in [0.717, 1.165) is 12.8 Å². The molecule has 3 heteroatoms. The van der Waals surface area contributed by atoms with E-state index < -0.39 is 6.09 Å². The molecule has 1 radical (unpaired) electrons. The van der Waals surface area contributed by atoms with Crippen LogP contribution in [0.3, 0.4) is 0 Å². The maximum atomic E-state index is 10.3. The van der Waals surface area contributed by atoms with Crippen molar-refractivity contribution in [2.24, 2.45) is 0 Å². The summed E-state index contributed by atoms with van der Waals surface area (Å²) in [6.45, 7) is 1.31. The van der Waals surface area contributed by atoms with E-state index in [-0.39, 0.29) is 0 Å². The Morgan fingerprint density at radius 2 is 2.44 bits per heavy atom. The Bertz CT molecular complexity index is 108. The summed E-state index contributed by atoms with van der Waals surface area (Å²) in [4.78, 5) is 11.7. The van der Waals surface area contributed by atoms with Gasteiger partial charge in [0.15, 0.2) is 0 Å². The largest absolute Gasteiger partial charge is 0.465 e. The molecule has 1 saturated heterocycles. The smallest absolute Gasteiger partial charge is 0.407 e. The monoisotopic (exact) mass is 128 g/mol. The number of hydrogen-bond donors (Lipinski definition) is 1. The highest BCUT2D eigenvalue weighted by Crippen LogP contribution is 2.06. The van der Waals surface area contributed by atoms with Crippen molar-refractivity contribution < 1.29 is 9.90 Å². The van der Waals surface area contributed by atoms with Crippen molar-refractivity contribution in [1.29, 1.82) is 0 Å². The molecule has 9 heavy (non-hydrogen) atoms. The highest BCUT2D eigenvalue weighted by atomic mass is 16.4. The lowest BCUT2D eigenvalue weighted by Gasteiger charge is -2.22. The molecule has 0 spiro atoms. The van der Waals surface area contributed by atoms with E-state index in [2.05, 4.69) is 0 Å². The lowest BCUT2D eigenvalue weighted by Crippen LogP contribution is -2.34. The molecule has 1 fully saturated rings. The van der Waals surface area contributed by atoms with Gasteiger partial charge < -0.3 is 10.0 Å². The zero-order valence-corrected chi connectivity index (χ0v) is 5.21. The molecule has 0 aromatic rings. The normalized spacial score (nSPS) is 19.8. The van der Waals surface area contributed by atoms with Crippen LogP contribution < -0.4 is 0 Å². The third-order valence-corrected chi connectivity index (χ3v) is 1.46. The van der Waals surface area contributed by atoms with Gasteiger partial charge in [-0.1, -0.05) is 0 Å². The minimum atomic E-state index is -0.800. The van der Waals surface area contributed by atoms with Gasteiger partial charge in [0.05, 0.1) is 0 Å². The Balaban J connectivity index is 2.31. The van der Waals surface area contributed by atoms with E-state index in [4.69, 9.17) is 5.11 Å². The Morgan fingerprint density at radius 1 is 1.67 bits per heavy atom. The average Bonchev–Trinajstić information content (AvgIpc) is 1.90. The van der Waals surface area contributed by atoms with Gasteiger partial charge in [0, 0.05) is 13.1 Å². The van der Waals surface area contributed by atoms with E-state index in [1.54, 1.807) is 0 Å². The van der Waals surface area contributed by atoms with Gasteiger partial charge >= 0.3 is 6.09 Å². The highest BCUT2D eigenvalue weighted by Gasteiger charge is 2.13. The van der Waals surface area contributed by atoms with Crippen LogP contribution in [0.2, 0.25) is 0 Å². The molecule has 51 valence electrons. The molecule has 1 N–H and O–H groups in total. The number of amides is 1. The lowest BCUT2D eigenvalue weighted by atomic mass is 10.1. The first kappa shape index (κ1) is 6.39. The summed E-state index contributed by atoms with van der Waals surface area (Å²) in [6, 6.07) is 0. The van der Waals surface area contributed by atoms with Crippen LogP contribution in [-0.4, -0.2) is 29.2 Å². The van der Waals surface area contributed by atoms with E-state index in [1.165, 1.54) is 4.90 Å². The number of piperidine rings is 1. The summed E-state index contributed by atoms with van der Waals surface area (Å²) in [5.74, 6) is 0. The van der Waals surface area contributed by atoms with Gasteiger partial charge in [-0.2, -0.15) is 0 Å². The molecule has 0 unspecified atom stereocenters. The summed E-state index contributed by atoms with van der Waals surface area (Å²) in [6.07, 6.45) is 3.24. The third-order valence-electron chi connectivity index (χ3n) is 1.46. The molecule has 3 nitrogen and oxygen atoms in total. The lowest BCUT2D eigenvalue weighted by molar-refractivity contribution is 0.143. The number of carbonyl (C=O) groups is 1. The van der Waals surface area contributed by atoms with Crippen LogP contribution in [0.25, 0.3) is 0 Å². The highest BCUT2D eigenvalue weighted by molar-refractivity contribution is 5.65. The zero-order chi connectivity index (χ0) is 6.69. The van der Waals surface area contributed by atoms with Crippen molar-refractivity contribution in [3.8, 4) is 0 Å². The maximum Gasteiger partial charge on any atom is 0.407 e. The molecule has 0 bridgehead atoms. The summed E-state index contributed by atoms with van der Waals surface area (Å²) in [5.41, 5.74) is 0. The van der Waals surface area contributed by atoms with Gasteiger partial charge in [-0.05, 0) is 19.3 Å². The van der Waals surface area contributed by atoms with Crippen molar-refractivity contribution in [1.82, 2.24) is 4.90 Å². The minimum absolute atomic E-state index is 0.606. The molecule has 0 aliphatic carbocycles. The standard InChI is InChI=1S/C6H10NO2/c8-6(9)7-4-2-1-3-5-7/h2H,1,3-5H2,(H,8,9). The molecule has 1 amide bonds. The van der Waals surface area contributed by atoms with Gasteiger partial charge in [0.1, 0.15) is 0 Å². The average molecular weight is 128 g/mol. The molecule has 0 saturated carbocycles. The van der Waals surface area contributed by atoms with Gasteiger partial charge in [0.25, 0.3) is 0 Å². The number of rotatable bonds is 0. The van der Waals surface area contributed by atoms with Crippen LogP contribution in [0, 0.1) is 6.42 Å². The first-order chi connectivity index (χ1) is 4.30. The first-order valence-electron chi connectivity index (χ1n) is 3.10. The summed E-state index contributed by atoms with van der Waals surface area (Å²) in [7, 11) is 0. The van der Waals surface area contributed by atoms with E-state index in [0.29, 0.717) is 13.1 Å². The van der Waals surface area contributed by atoms with Crippen LogP contribution in [0.1, 0.15) is 12.8 Å². The molecule has 1 aliphatic heterocycles. The molecule has 1 aliphatic rings. The topological polar surface area (TPSA) is 40.5 Å². The van der Waals surface area contributed by atoms with E-state index in [1.807, 2.05) is 6.42 Å². The van der Waals surface area contributed by atoms with Gasteiger partial charge in [-0.25, -0.2) is 4.79 Å². The molecule has 0 atom stereocenters. The van der Waals surface area contributed by atoms with Crippen LogP contribution >= 0.6 is 0 Å². The SMILES string of the molecule is O=C(O)N1C[CH]CCC1. The molecular formula is C6H10NO2. The van der Waals surface area contributed by atoms with Crippen LogP contribution in [-0.2, 0) is 0 Å². The van der Waals surface area contributed by atoms with Crippen LogP contribution in [0.15, 0.2) is 0 Å². The Morgan fingerprint density at radius 3 is 2.78 bits per heavy atom. The Kier molecular flexibility index (Phi) is 1.92. The van der Waals surface area contributed by atoms with Crippen LogP contribution in [0.5, 0.6) is 0 Å². The Hall–Kier alpha value is -0.730. The van der Waals surface area contributed by atoms with Crippen molar-refractivity contribution in [3.63, 3.8) is 0 Å². The quantitative estimate of drug-likeness (QED) is 0.528. The van der Waals surface area contributed by atoms with E-state index >= 15 is 0 Å². The minimum Gasteiger partial charge on any atom is -0.465 e. The van der Waals surface area contributed by atoms with Crippen molar-refractivity contribution in [3.05, 3.63) is 6.42 Å². The fourth-order valence-corrected chi connectivity index (χ4v) is 0.939. The fourth-order valence-electron chi connectivity index (χ4n) is 0.939. The second-order valence-corrected chi connectivity index (χ2v) is 2.16. The van der Waals surface area contributed by atoms with E-state index in [9.17, 15) is 4.79 Å². The van der Waals surface area contributed by atoms with Gasteiger partial charge in [0.2, 0.25) is 0 Å². The van der Waals surface area contributed by atoms with Crippen molar-refractivity contribution >= 4 is 6.09 Å².